The van der Waals surface area contributed by atoms with Gasteiger partial charge in [-0.15, -0.1) is 0 Å². The molecule has 192 valence electrons. The Kier molecular flexibility index (Phi) is 8.86. The minimum Gasteiger partial charge on any atom is -0.504 e. The summed E-state index contributed by atoms with van der Waals surface area (Å²) in [4.78, 5) is 0.142. The average Bonchev–Trinajstić information content (AvgIpc) is 2.80. The van der Waals surface area contributed by atoms with Gasteiger partial charge in [-0.2, -0.15) is 4.31 Å². The number of ether oxygens (including phenoxy) is 1. The molecular weight excluding hydrogens is 609 g/mol. The van der Waals surface area contributed by atoms with E-state index in [1.165, 1.54) is 29.1 Å². The maximum absolute atomic E-state index is 13.8. The number of hydrogen-bond acceptors (Lipinski definition) is 5. The highest BCUT2D eigenvalue weighted by molar-refractivity contribution is 14.1. The van der Waals surface area contributed by atoms with Gasteiger partial charge in [-0.1, -0.05) is 45.0 Å². The quantitative estimate of drug-likeness (QED) is 0.226. The zero-order chi connectivity index (χ0) is 26.7. The molecule has 0 aromatic heterocycles. The first-order valence-electron chi connectivity index (χ1n) is 11.1. The highest BCUT2D eigenvalue weighted by Gasteiger charge is 2.26. The Hall–Kier alpha value is -2.41. The first-order chi connectivity index (χ1) is 16.8. The summed E-state index contributed by atoms with van der Waals surface area (Å²) in [6.07, 6.45) is 0. The van der Waals surface area contributed by atoms with Gasteiger partial charge in [0.15, 0.2) is 16.6 Å². The minimum absolute atomic E-state index is 0.00117. The van der Waals surface area contributed by atoms with Gasteiger partial charge < -0.3 is 20.9 Å². The number of hydrogen-bond donors (Lipinski definition) is 3. The van der Waals surface area contributed by atoms with Crippen molar-refractivity contribution < 1.29 is 18.3 Å². The lowest BCUT2D eigenvalue weighted by atomic mass is 9.87. The monoisotopic (exact) mass is 639 g/mol. The van der Waals surface area contributed by atoms with Crippen molar-refractivity contribution in [2.24, 2.45) is 5.73 Å². The van der Waals surface area contributed by atoms with Gasteiger partial charge in [0.05, 0.1) is 12.0 Å². The number of aromatic hydroxyl groups is 1. The topological polar surface area (TPSA) is 105 Å². The molecule has 0 saturated heterocycles. The molecule has 0 amide bonds. The van der Waals surface area contributed by atoms with Gasteiger partial charge in [-0.3, -0.25) is 0 Å². The number of sulfonamides is 1. The Morgan fingerprint density at radius 3 is 2.22 bits per heavy atom. The van der Waals surface area contributed by atoms with Gasteiger partial charge in [0, 0.05) is 22.3 Å². The van der Waals surface area contributed by atoms with Crippen LogP contribution in [0.1, 0.15) is 37.5 Å². The van der Waals surface area contributed by atoms with Gasteiger partial charge in [0.1, 0.15) is 0 Å². The predicted molar refractivity (Wildman–Crippen MR) is 156 cm³/mol. The molecule has 0 spiro atoms. The van der Waals surface area contributed by atoms with Crippen LogP contribution in [0.2, 0.25) is 0 Å². The lowest BCUT2D eigenvalue weighted by molar-refractivity contribution is 0.369. The maximum Gasteiger partial charge on any atom is 0.243 e. The number of phenols is 1. The Morgan fingerprint density at radius 2 is 1.69 bits per heavy atom. The van der Waals surface area contributed by atoms with Crippen LogP contribution in [0.25, 0.3) is 0 Å². The zero-order valence-corrected chi connectivity index (χ0v) is 24.4. The van der Waals surface area contributed by atoms with Gasteiger partial charge >= 0.3 is 0 Å². The van der Waals surface area contributed by atoms with Crippen LogP contribution in [-0.2, 0) is 28.5 Å². The van der Waals surface area contributed by atoms with Gasteiger partial charge in [-0.05, 0) is 93.3 Å². The zero-order valence-electron chi connectivity index (χ0n) is 20.6. The summed E-state index contributed by atoms with van der Waals surface area (Å²) in [5.74, 6) is 0.282. The second kappa shape index (κ2) is 11.3. The van der Waals surface area contributed by atoms with E-state index < -0.39 is 10.0 Å². The van der Waals surface area contributed by atoms with E-state index in [4.69, 9.17) is 22.7 Å². The van der Waals surface area contributed by atoms with Crippen LogP contribution in [0.5, 0.6) is 11.5 Å². The van der Waals surface area contributed by atoms with E-state index in [1.54, 1.807) is 24.3 Å². The molecule has 0 aliphatic heterocycles. The second-order valence-corrected chi connectivity index (χ2v) is 12.9. The Morgan fingerprint density at radius 1 is 1.08 bits per heavy atom. The smallest absolute Gasteiger partial charge is 0.243 e. The summed E-state index contributed by atoms with van der Waals surface area (Å²) < 4.78 is 35.0. The van der Waals surface area contributed by atoms with Crippen LogP contribution in [0, 0.1) is 3.57 Å². The molecule has 0 unspecified atom stereocenters. The van der Waals surface area contributed by atoms with Crippen molar-refractivity contribution >= 4 is 55.6 Å². The van der Waals surface area contributed by atoms with E-state index in [1.807, 2.05) is 24.3 Å². The van der Waals surface area contributed by atoms with Gasteiger partial charge in [0.2, 0.25) is 10.0 Å². The molecule has 7 nitrogen and oxygen atoms in total. The lowest BCUT2D eigenvalue weighted by Gasteiger charge is -2.24. The summed E-state index contributed by atoms with van der Waals surface area (Å²) in [6, 6.07) is 17.5. The first kappa shape index (κ1) is 28.2. The molecule has 0 aliphatic carbocycles. The molecule has 0 atom stereocenters. The number of nitrogens with two attached hydrogens (primary N) is 1. The van der Waals surface area contributed by atoms with E-state index in [2.05, 4.69) is 48.7 Å². The normalized spacial score (nSPS) is 11.9. The Bertz CT molecular complexity index is 1340. The third-order valence-corrected chi connectivity index (χ3v) is 8.55. The standard InChI is InChI=1S/C26H30IN3O4S2/c1-26(2,3)19-7-5-17(6-8-19)15-30(16-18-13-24(34-4)23(31)14-22(18)27)36(32,33)21-11-9-20(10-12-21)29-25(28)35/h5-14,31H,15-16H2,1-4H3,(H3,28,29,35). The summed E-state index contributed by atoms with van der Waals surface area (Å²) in [5, 5.41) is 13.0. The van der Waals surface area contributed by atoms with E-state index in [-0.39, 0.29) is 40.0 Å². The third-order valence-electron chi connectivity index (χ3n) is 5.63. The maximum atomic E-state index is 13.8. The fraction of sp³-hybridized carbons (Fsp3) is 0.269. The van der Waals surface area contributed by atoms with Crippen LogP contribution >= 0.6 is 34.8 Å². The summed E-state index contributed by atoms with van der Waals surface area (Å²) in [7, 11) is -2.43. The number of benzene rings is 3. The molecule has 0 aliphatic rings. The molecule has 3 aromatic rings. The SMILES string of the molecule is COc1cc(CN(Cc2ccc(C(C)(C)C)cc2)S(=O)(=O)c2ccc(NC(N)=S)cc2)c(I)cc1O. The second-order valence-electron chi connectivity index (χ2n) is 9.35. The summed E-state index contributed by atoms with van der Waals surface area (Å²) in [5.41, 5.74) is 8.85. The van der Waals surface area contributed by atoms with Crippen LogP contribution in [0.4, 0.5) is 5.69 Å². The van der Waals surface area contributed by atoms with Crippen molar-refractivity contribution in [3.05, 3.63) is 80.9 Å². The van der Waals surface area contributed by atoms with Gasteiger partial charge in [0.25, 0.3) is 0 Å². The number of rotatable bonds is 8. The van der Waals surface area contributed by atoms with Crippen molar-refractivity contribution in [3.63, 3.8) is 0 Å². The van der Waals surface area contributed by atoms with Crippen LogP contribution in [0.3, 0.4) is 0 Å². The molecule has 0 fully saturated rings. The van der Waals surface area contributed by atoms with Crippen LogP contribution < -0.4 is 15.8 Å². The van der Waals surface area contributed by atoms with Crippen molar-refractivity contribution in [2.75, 3.05) is 12.4 Å². The van der Waals surface area contributed by atoms with E-state index >= 15 is 0 Å². The third kappa shape index (κ3) is 6.87. The number of thiocarbonyl (C=S) groups is 1. The molecule has 0 heterocycles. The van der Waals surface area contributed by atoms with Crippen LogP contribution in [-0.4, -0.2) is 30.1 Å². The van der Waals surface area contributed by atoms with E-state index in [0.29, 0.717) is 11.3 Å². The van der Waals surface area contributed by atoms with Crippen molar-refractivity contribution in [3.8, 4) is 11.5 Å². The number of nitrogens with one attached hydrogen (secondary N) is 1. The molecule has 36 heavy (non-hydrogen) atoms. The fourth-order valence-corrected chi connectivity index (χ4v) is 5.75. The summed E-state index contributed by atoms with van der Waals surface area (Å²) >= 11 is 6.94. The van der Waals surface area contributed by atoms with Crippen molar-refractivity contribution in [2.45, 2.75) is 44.2 Å². The molecule has 0 saturated carbocycles. The molecule has 0 radical (unpaired) electrons. The minimum atomic E-state index is -3.89. The first-order valence-corrected chi connectivity index (χ1v) is 14.1. The largest absolute Gasteiger partial charge is 0.504 e. The molecular formula is C26H30IN3O4S2. The summed E-state index contributed by atoms with van der Waals surface area (Å²) in [6.45, 7) is 6.66. The lowest BCUT2D eigenvalue weighted by Crippen LogP contribution is -2.30. The molecule has 3 rings (SSSR count). The highest BCUT2D eigenvalue weighted by atomic mass is 127. The number of nitrogens with zero attached hydrogens (tertiary/aromatic N) is 1. The number of halogens is 1. The van der Waals surface area contributed by atoms with E-state index in [9.17, 15) is 13.5 Å². The van der Waals surface area contributed by atoms with Crippen molar-refractivity contribution in [1.82, 2.24) is 4.31 Å². The number of phenolic OH excluding ortho intramolecular Hbond substituents is 1. The van der Waals surface area contributed by atoms with Crippen molar-refractivity contribution in [1.29, 1.82) is 0 Å². The van der Waals surface area contributed by atoms with E-state index in [0.717, 1.165) is 9.13 Å². The fourth-order valence-electron chi connectivity index (χ4n) is 3.60. The molecule has 10 heteroatoms. The highest BCUT2D eigenvalue weighted by Crippen LogP contribution is 2.33. The van der Waals surface area contributed by atoms with Crippen LogP contribution in [0.15, 0.2) is 65.6 Å². The molecule has 3 aromatic carbocycles. The predicted octanol–water partition coefficient (Wildman–Crippen LogP) is 5.35. The number of anilines is 1. The molecule has 0 bridgehead atoms. The average molecular weight is 640 g/mol. The Labute approximate surface area is 231 Å². The molecule has 4 N–H and O–H groups in total. The Balaban J connectivity index is 2.01. The van der Waals surface area contributed by atoms with Gasteiger partial charge in [-0.25, -0.2) is 8.42 Å². The number of methoxy groups -OCH3 is 1.